The SMILES string of the molecule is NC(=O)CNCCCn1ccnn1. The van der Waals surface area contributed by atoms with Gasteiger partial charge < -0.3 is 11.1 Å². The van der Waals surface area contributed by atoms with Crippen molar-refractivity contribution in [1.29, 1.82) is 0 Å². The average Bonchev–Trinajstić information content (AvgIpc) is 2.55. The number of carbonyl (C=O) groups is 1. The molecule has 1 rings (SSSR count). The van der Waals surface area contributed by atoms with Crippen LogP contribution < -0.4 is 11.1 Å². The number of hydrogen-bond acceptors (Lipinski definition) is 4. The van der Waals surface area contributed by atoms with Crippen molar-refractivity contribution in [3.05, 3.63) is 12.4 Å². The van der Waals surface area contributed by atoms with Crippen molar-refractivity contribution in [1.82, 2.24) is 20.3 Å². The predicted octanol–water partition coefficient (Wildman–Crippen LogP) is -1.26. The minimum atomic E-state index is -0.333. The van der Waals surface area contributed by atoms with E-state index < -0.39 is 0 Å². The van der Waals surface area contributed by atoms with Crippen LogP contribution in [0.25, 0.3) is 0 Å². The van der Waals surface area contributed by atoms with Crippen LogP contribution in [0.15, 0.2) is 12.4 Å². The predicted molar refractivity (Wildman–Crippen MR) is 46.7 cm³/mol. The summed E-state index contributed by atoms with van der Waals surface area (Å²) < 4.78 is 1.74. The maximum Gasteiger partial charge on any atom is 0.231 e. The van der Waals surface area contributed by atoms with Gasteiger partial charge in [0.15, 0.2) is 0 Å². The molecule has 0 bridgehead atoms. The molecule has 0 fully saturated rings. The Balaban J connectivity index is 1.99. The Morgan fingerprint density at radius 2 is 2.46 bits per heavy atom. The normalized spacial score (nSPS) is 10.2. The fourth-order valence-electron chi connectivity index (χ4n) is 0.930. The number of aryl methyl sites for hydroxylation is 1. The van der Waals surface area contributed by atoms with Crippen molar-refractivity contribution >= 4 is 5.91 Å². The summed E-state index contributed by atoms with van der Waals surface area (Å²) in [6.07, 6.45) is 4.33. The average molecular weight is 183 g/mol. The third-order valence-electron chi connectivity index (χ3n) is 1.51. The van der Waals surface area contributed by atoms with Gasteiger partial charge in [-0.2, -0.15) is 0 Å². The summed E-state index contributed by atoms with van der Waals surface area (Å²) in [5.74, 6) is -0.333. The summed E-state index contributed by atoms with van der Waals surface area (Å²) in [6.45, 7) is 1.78. The van der Waals surface area contributed by atoms with E-state index in [0.29, 0.717) is 0 Å². The van der Waals surface area contributed by atoms with Crippen LogP contribution in [0.2, 0.25) is 0 Å². The summed E-state index contributed by atoms with van der Waals surface area (Å²) >= 11 is 0. The highest BCUT2D eigenvalue weighted by Crippen LogP contribution is 1.84. The molecule has 0 radical (unpaired) electrons. The fraction of sp³-hybridized carbons (Fsp3) is 0.571. The number of aromatic nitrogens is 3. The summed E-state index contributed by atoms with van der Waals surface area (Å²) in [6, 6.07) is 0. The third-order valence-corrected chi connectivity index (χ3v) is 1.51. The molecular formula is C7H13N5O. The molecule has 0 aromatic carbocycles. The second kappa shape index (κ2) is 5.26. The quantitative estimate of drug-likeness (QED) is 0.539. The second-order valence-corrected chi connectivity index (χ2v) is 2.66. The highest BCUT2D eigenvalue weighted by atomic mass is 16.1. The number of nitrogens with one attached hydrogen (secondary N) is 1. The summed E-state index contributed by atoms with van der Waals surface area (Å²) in [5.41, 5.74) is 4.94. The maximum absolute atomic E-state index is 10.3. The molecule has 0 unspecified atom stereocenters. The lowest BCUT2D eigenvalue weighted by molar-refractivity contribution is -0.117. The fourth-order valence-corrected chi connectivity index (χ4v) is 0.930. The first-order chi connectivity index (χ1) is 6.29. The van der Waals surface area contributed by atoms with E-state index in [9.17, 15) is 4.79 Å². The largest absolute Gasteiger partial charge is 0.369 e. The van der Waals surface area contributed by atoms with E-state index in [-0.39, 0.29) is 12.5 Å². The van der Waals surface area contributed by atoms with Crippen LogP contribution in [0, 0.1) is 0 Å². The number of hydrogen-bond donors (Lipinski definition) is 2. The zero-order valence-corrected chi connectivity index (χ0v) is 7.31. The van der Waals surface area contributed by atoms with E-state index in [1.54, 1.807) is 17.1 Å². The molecule has 0 aliphatic rings. The van der Waals surface area contributed by atoms with Gasteiger partial charge in [-0.25, -0.2) is 0 Å². The summed E-state index contributed by atoms with van der Waals surface area (Å²) in [7, 11) is 0. The molecule has 3 N–H and O–H groups in total. The molecule has 0 saturated heterocycles. The Morgan fingerprint density at radius 1 is 1.62 bits per heavy atom. The lowest BCUT2D eigenvalue weighted by Crippen LogP contribution is -2.29. The summed E-state index contributed by atoms with van der Waals surface area (Å²) in [5, 5.41) is 10.4. The van der Waals surface area contributed by atoms with E-state index >= 15 is 0 Å². The van der Waals surface area contributed by atoms with Gasteiger partial charge in [0.25, 0.3) is 0 Å². The van der Waals surface area contributed by atoms with Gasteiger partial charge in [-0.15, -0.1) is 5.10 Å². The highest BCUT2D eigenvalue weighted by Gasteiger charge is 1.93. The number of carbonyl (C=O) groups excluding carboxylic acids is 1. The van der Waals surface area contributed by atoms with Crippen molar-refractivity contribution < 1.29 is 4.79 Å². The lowest BCUT2D eigenvalue weighted by atomic mass is 10.4. The Bertz CT molecular complexity index is 245. The first kappa shape index (κ1) is 9.66. The number of nitrogens with two attached hydrogens (primary N) is 1. The van der Waals surface area contributed by atoms with Crippen molar-refractivity contribution in [3.8, 4) is 0 Å². The Hall–Kier alpha value is -1.43. The van der Waals surface area contributed by atoms with E-state index in [1.807, 2.05) is 0 Å². The van der Waals surface area contributed by atoms with Gasteiger partial charge in [0.05, 0.1) is 12.7 Å². The molecule has 6 heteroatoms. The first-order valence-electron chi connectivity index (χ1n) is 4.12. The summed E-state index contributed by atoms with van der Waals surface area (Å²) in [4.78, 5) is 10.3. The van der Waals surface area contributed by atoms with Crippen LogP contribution in [0.1, 0.15) is 6.42 Å². The molecule has 0 atom stereocenters. The molecule has 0 aliphatic heterocycles. The Labute approximate surface area is 76.1 Å². The van der Waals surface area contributed by atoms with Crippen molar-refractivity contribution in [2.45, 2.75) is 13.0 Å². The van der Waals surface area contributed by atoms with Gasteiger partial charge in [0, 0.05) is 12.7 Å². The van der Waals surface area contributed by atoms with E-state index in [2.05, 4.69) is 15.6 Å². The van der Waals surface area contributed by atoms with Crippen molar-refractivity contribution in [2.75, 3.05) is 13.1 Å². The Morgan fingerprint density at radius 3 is 3.08 bits per heavy atom. The Kier molecular flexibility index (Phi) is 3.90. The molecule has 1 aromatic rings. The third kappa shape index (κ3) is 4.22. The van der Waals surface area contributed by atoms with Crippen LogP contribution in [-0.4, -0.2) is 34.0 Å². The maximum atomic E-state index is 10.3. The molecule has 72 valence electrons. The zero-order valence-electron chi connectivity index (χ0n) is 7.31. The smallest absolute Gasteiger partial charge is 0.231 e. The van der Waals surface area contributed by atoms with E-state index in [0.717, 1.165) is 19.5 Å². The standard InChI is InChI=1S/C7H13N5O/c8-7(13)6-9-2-1-4-12-5-3-10-11-12/h3,5,9H,1-2,4,6H2,(H2,8,13). The molecule has 1 aromatic heterocycles. The number of amides is 1. The van der Waals surface area contributed by atoms with Crippen LogP contribution >= 0.6 is 0 Å². The van der Waals surface area contributed by atoms with Gasteiger partial charge in [0.1, 0.15) is 0 Å². The van der Waals surface area contributed by atoms with Crippen molar-refractivity contribution in [2.24, 2.45) is 5.73 Å². The number of primary amides is 1. The van der Waals surface area contributed by atoms with Gasteiger partial charge >= 0.3 is 0 Å². The first-order valence-corrected chi connectivity index (χ1v) is 4.12. The molecule has 1 heterocycles. The second-order valence-electron chi connectivity index (χ2n) is 2.66. The van der Waals surface area contributed by atoms with Gasteiger partial charge in [-0.1, -0.05) is 5.21 Å². The number of nitrogens with zero attached hydrogens (tertiary/aromatic N) is 3. The van der Waals surface area contributed by atoms with Gasteiger partial charge in [0.2, 0.25) is 5.91 Å². The van der Waals surface area contributed by atoms with Crippen LogP contribution in [0.3, 0.4) is 0 Å². The topological polar surface area (TPSA) is 85.8 Å². The molecule has 13 heavy (non-hydrogen) atoms. The zero-order chi connectivity index (χ0) is 9.52. The number of rotatable bonds is 6. The molecule has 1 amide bonds. The van der Waals surface area contributed by atoms with Crippen LogP contribution in [-0.2, 0) is 11.3 Å². The van der Waals surface area contributed by atoms with E-state index in [1.165, 1.54) is 0 Å². The van der Waals surface area contributed by atoms with Crippen LogP contribution in [0.4, 0.5) is 0 Å². The molecular weight excluding hydrogens is 170 g/mol. The van der Waals surface area contributed by atoms with Crippen molar-refractivity contribution in [3.63, 3.8) is 0 Å². The van der Waals surface area contributed by atoms with Crippen LogP contribution in [0.5, 0.6) is 0 Å². The van der Waals surface area contributed by atoms with Gasteiger partial charge in [-0.3, -0.25) is 9.48 Å². The molecule has 6 nitrogen and oxygen atoms in total. The molecule has 0 spiro atoms. The minimum Gasteiger partial charge on any atom is -0.369 e. The molecule has 0 aliphatic carbocycles. The van der Waals surface area contributed by atoms with E-state index in [4.69, 9.17) is 5.73 Å². The monoisotopic (exact) mass is 183 g/mol. The highest BCUT2D eigenvalue weighted by molar-refractivity contribution is 5.75. The minimum absolute atomic E-state index is 0.233. The van der Waals surface area contributed by atoms with Gasteiger partial charge in [-0.05, 0) is 13.0 Å². The lowest BCUT2D eigenvalue weighted by Gasteiger charge is -2.01. The molecule has 0 saturated carbocycles.